The molecule has 1 heterocycles. The van der Waals surface area contributed by atoms with Crippen LogP contribution in [-0.2, 0) is 11.3 Å². The van der Waals surface area contributed by atoms with Crippen molar-refractivity contribution in [3.8, 4) is 11.5 Å². The predicted octanol–water partition coefficient (Wildman–Crippen LogP) is 3.54. The smallest absolute Gasteiger partial charge is 0.381 e. The number of benzene rings is 1. The molecule has 4 nitrogen and oxygen atoms in total. The fourth-order valence-electron chi connectivity index (χ4n) is 1.93. The maximum atomic E-state index is 12.3. The van der Waals surface area contributed by atoms with E-state index in [2.05, 4.69) is 0 Å². The summed E-state index contributed by atoms with van der Waals surface area (Å²) in [4.78, 5) is 11.0. The molecule has 118 valence electrons. The number of amides is 1. The monoisotopic (exact) mass is 313 g/mol. The van der Waals surface area contributed by atoms with Crippen LogP contribution in [0.4, 0.5) is 19.1 Å². The SMILES string of the molecule is CCCC[n+]1cc(NC(=O)C(F)(F)F)oc1-c1ccccc1. The summed E-state index contributed by atoms with van der Waals surface area (Å²) < 4.78 is 44.0. The first-order valence-corrected chi connectivity index (χ1v) is 6.88. The lowest BCUT2D eigenvalue weighted by Gasteiger charge is -2.02. The van der Waals surface area contributed by atoms with Crippen LogP contribution < -0.4 is 9.88 Å². The van der Waals surface area contributed by atoms with E-state index in [-0.39, 0.29) is 5.88 Å². The second kappa shape index (κ2) is 6.64. The summed E-state index contributed by atoms with van der Waals surface area (Å²) in [7, 11) is 0. The van der Waals surface area contributed by atoms with Gasteiger partial charge in [0.05, 0.1) is 5.56 Å². The molecule has 0 aliphatic heterocycles. The van der Waals surface area contributed by atoms with E-state index in [4.69, 9.17) is 4.42 Å². The topological polar surface area (TPSA) is 46.1 Å². The van der Waals surface area contributed by atoms with Gasteiger partial charge >= 0.3 is 18.0 Å². The minimum Gasteiger partial charge on any atom is -0.381 e. The summed E-state index contributed by atoms with van der Waals surface area (Å²) >= 11 is 0. The van der Waals surface area contributed by atoms with Crippen LogP contribution in [0, 0.1) is 0 Å². The number of alkyl halides is 3. The van der Waals surface area contributed by atoms with Gasteiger partial charge in [-0.05, 0) is 12.1 Å². The summed E-state index contributed by atoms with van der Waals surface area (Å²) in [6.07, 6.45) is -1.80. The number of aromatic nitrogens is 1. The normalized spacial score (nSPS) is 11.5. The zero-order valence-electron chi connectivity index (χ0n) is 12.0. The van der Waals surface area contributed by atoms with Crippen LogP contribution in [0.5, 0.6) is 0 Å². The Labute approximate surface area is 125 Å². The largest absolute Gasteiger partial charge is 0.471 e. The van der Waals surface area contributed by atoms with Crippen LogP contribution in [-0.4, -0.2) is 12.1 Å². The van der Waals surface area contributed by atoms with E-state index in [0.717, 1.165) is 18.4 Å². The highest BCUT2D eigenvalue weighted by molar-refractivity contribution is 5.93. The van der Waals surface area contributed by atoms with E-state index >= 15 is 0 Å². The zero-order chi connectivity index (χ0) is 16.2. The Bertz CT molecular complexity index is 636. The van der Waals surface area contributed by atoms with E-state index in [1.807, 2.05) is 13.0 Å². The Morgan fingerprint density at radius 2 is 1.95 bits per heavy atom. The number of carbonyl (C=O) groups is 1. The minimum absolute atomic E-state index is 0.225. The van der Waals surface area contributed by atoms with Gasteiger partial charge in [0, 0.05) is 6.42 Å². The van der Waals surface area contributed by atoms with Gasteiger partial charge in [-0.1, -0.05) is 31.5 Å². The van der Waals surface area contributed by atoms with Gasteiger partial charge in [-0.25, -0.2) is 0 Å². The molecule has 0 aliphatic rings. The van der Waals surface area contributed by atoms with Crippen molar-refractivity contribution in [3.05, 3.63) is 36.5 Å². The average molecular weight is 313 g/mol. The molecule has 7 heteroatoms. The predicted molar refractivity (Wildman–Crippen MR) is 73.9 cm³/mol. The number of nitrogens with one attached hydrogen (secondary N) is 1. The second-order valence-electron chi connectivity index (χ2n) is 4.77. The van der Waals surface area contributed by atoms with Crippen LogP contribution in [0.15, 0.2) is 40.9 Å². The van der Waals surface area contributed by atoms with Crippen molar-refractivity contribution in [1.82, 2.24) is 0 Å². The van der Waals surface area contributed by atoms with E-state index in [1.54, 1.807) is 34.1 Å². The number of nitrogens with zero attached hydrogens (tertiary/aromatic N) is 1. The summed E-state index contributed by atoms with van der Waals surface area (Å²) in [5, 5.41) is 1.74. The van der Waals surface area contributed by atoms with Gasteiger partial charge in [0.25, 0.3) is 5.88 Å². The highest BCUT2D eigenvalue weighted by Gasteiger charge is 2.40. The molecule has 2 aromatic rings. The highest BCUT2D eigenvalue weighted by atomic mass is 19.4. The molecule has 0 radical (unpaired) electrons. The molecule has 22 heavy (non-hydrogen) atoms. The number of anilines is 1. The van der Waals surface area contributed by atoms with Gasteiger partial charge in [0.15, 0.2) is 6.54 Å². The van der Waals surface area contributed by atoms with Crippen LogP contribution in [0.3, 0.4) is 0 Å². The Morgan fingerprint density at radius 1 is 1.27 bits per heavy atom. The summed E-state index contributed by atoms with van der Waals surface area (Å²) in [5.74, 6) is -1.87. The lowest BCUT2D eigenvalue weighted by Crippen LogP contribution is -2.34. The Morgan fingerprint density at radius 3 is 2.55 bits per heavy atom. The molecule has 0 unspecified atom stereocenters. The van der Waals surface area contributed by atoms with Gasteiger partial charge in [0.1, 0.15) is 0 Å². The number of carbonyl (C=O) groups excluding carboxylic acids is 1. The third-order valence-corrected chi connectivity index (χ3v) is 3.01. The van der Waals surface area contributed by atoms with Gasteiger partial charge in [-0.2, -0.15) is 17.7 Å². The molecule has 0 bridgehead atoms. The molecule has 0 aliphatic carbocycles. The maximum absolute atomic E-state index is 12.3. The van der Waals surface area contributed by atoms with E-state index in [9.17, 15) is 18.0 Å². The lowest BCUT2D eigenvalue weighted by atomic mass is 10.2. The molecule has 0 spiro atoms. The van der Waals surface area contributed by atoms with Crippen molar-refractivity contribution in [2.24, 2.45) is 0 Å². The lowest BCUT2D eigenvalue weighted by molar-refractivity contribution is -0.688. The molecule has 1 aromatic carbocycles. The number of oxazole rings is 1. The molecule has 2 rings (SSSR count). The Kier molecular flexibility index (Phi) is 4.85. The first-order valence-electron chi connectivity index (χ1n) is 6.88. The number of hydrogen-bond acceptors (Lipinski definition) is 2. The van der Waals surface area contributed by atoms with Crippen LogP contribution in [0.1, 0.15) is 19.8 Å². The maximum Gasteiger partial charge on any atom is 0.471 e. The fraction of sp³-hybridized carbons (Fsp3) is 0.333. The first kappa shape index (κ1) is 16.1. The van der Waals surface area contributed by atoms with E-state index in [0.29, 0.717) is 12.4 Å². The summed E-state index contributed by atoms with van der Waals surface area (Å²) in [5.41, 5.74) is 0.728. The molecule has 0 saturated carbocycles. The van der Waals surface area contributed by atoms with Gasteiger partial charge in [0.2, 0.25) is 6.20 Å². The van der Waals surface area contributed by atoms with Gasteiger partial charge < -0.3 is 4.42 Å². The number of aryl methyl sites for hydroxylation is 1. The quantitative estimate of drug-likeness (QED) is 0.858. The molecule has 0 fully saturated rings. The molecule has 1 aromatic heterocycles. The zero-order valence-corrected chi connectivity index (χ0v) is 12.0. The Hall–Kier alpha value is -2.31. The molecule has 0 saturated heterocycles. The summed E-state index contributed by atoms with van der Waals surface area (Å²) in [6.45, 7) is 2.60. The number of rotatable bonds is 5. The van der Waals surface area contributed by atoms with Crippen LogP contribution >= 0.6 is 0 Å². The average Bonchev–Trinajstić information content (AvgIpc) is 2.88. The van der Waals surface area contributed by atoms with Crippen molar-refractivity contribution in [3.63, 3.8) is 0 Å². The molecule has 1 N–H and O–H groups in total. The van der Waals surface area contributed by atoms with Gasteiger partial charge in [-0.15, -0.1) is 0 Å². The van der Waals surface area contributed by atoms with Gasteiger partial charge in [-0.3, -0.25) is 10.1 Å². The van der Waals surface area contributed by atoms with E-state index < -0.39 is 12.1 Å². The third-order valence-electron chi connectivity index (χ3n) is 3.01. The van der Waals surface area contributed by atoms with Crippen molar-refractivity contribution in [2.45, 2.75) is 32.5 Å². The van der Waals surface area contributed by atoms with Crippen molar-refractivity contribution in [1.29, 1.82) is 0 Å². The van der Waals surface area contributed by atoms with Crippen LogP contribution in [0.2, 0.25) is 0 Å². The fourth-order valence-corrected chi connectivity index (χ4v) is 1.93. The number of unbranched alkanes of at least 4 members (excludes halogenated alkanes) is 1. The summed E-state index contributed by atoms with van der Waals surface area (Å²) in [6, 6.07) is 9.01. The number of halogens is 3. The minimum atomic E-state index is -4.95. The highest BCUT2D eigenvalue weighted by Crippen LogP contribution is 2.23. The second-order valence-corrected chi connectivity index (χ2v) is 4.77. The number of hydrogen-bond donors (Lipinski definition) is 1. The van der Waals surface area contributed by atoms with Crippen LogP contribution in [0.25, 0.3) is 11.5 Å². The molecular formula is C15H16F3N2O2+. The molecule has 0 atom stereocenters. The Balaban J connectivity index is 2.30. The standard InChI is InChI=1S/C15H15F3N2O2/c1-2-3-9-20-10-12(19-14(21)15(16,17)18)22-13(20)11-7-5-4-6-8-11/h4-8,10H,2-3,9H2,1H3/p+1. The first-order chi connectivity index (χ1) is 10.4. The molecular weight excluding hydrogens is 297 g/mol. The van der Waals surface area contributed by atoms with Crippen molar-refractivity contribution >= 4 is 11.8 Å². The van der Waals surface area contributed by atoms with Crippen molar-refractivity contribution in [2.75, 3.05) is 5.32 Å². The van der Waals surface area contributed by atoms with Crippen molar-refractivity contribution < 1.29 is 27.0 Å². The molecule has 1 amide bonds. The third kappa shape index (κ3) is 3.87. The van der Waals surface area contributed by atoms with E-state index in [1.165, 1.54) is 6.20 Å².